The third-order valence-corrected chi connectivity index (χ3v) is 18.7. The average molecular weight is 897 g/mol. The molecule has 0 N–H and O–H groups in total. The summed E-state index contributed by atoms with van der Waals surface area (Å²) in [5.74, 6) is 0.620. The van der Waals surface area contributed by atoms with Crippen LogP contribution in [0.2, 0.25) is 0 Å². The fraction of sp³-hybridized carbons (Fsp3) is 0. The predicted molar refractivity (Wildman–Crippen MR) is 291 cm³/mol. The molecular formula is C64H44N4Si. The molecule has 0 spiro atoms. The second-order valence-corrected chi connectivity index (χ2v) is 21.5. The van der Waals surface area contributed by atoms with E-state index in [1.807, 2.05) is 0 Å². The summed E-state index contributed by atoms with van der Waals surface area (Å²) in [5.41, 5.74) is 11.6. The molecule has 3 heterocycles. The maximum absolute atomic E-state index is 5.53. The minimum atomic E-state index is -2.74. The van der Waals surface area contributed by atoms with Gasteiger partial charge in [-0.2, -0.15) is 0 Å². The summed E-state index contributed by atoms with van der Waals surface area (Å²) in [5, 5.41) is 10.1. The molecule has 0 aliphatic heterocycles. The quantitative estimate of drug-likeness (QED) is 0.107. The molecule has 0 bridgehead atoms. The van der Waals surface area contributed by atoms with Crippen LogP contribution in [0.5, 0.6) is 0 Å². The van der Waals surface area contributed by atoms with E-state index in [1.54, 1.807) is 0 Å². The molecule has 13 aromatic rings. The molecule has 0 saturated heterocycles. The molecule has 0 unspecified atom stereocenters. The first-order valence-corrected chi connectivity index (χ1v) is 25.6. The highest BCUT2D eigenvalue weighted by molar-refractivity contribution is 7.19. The van der Waals surface area contributed by atoms with Crippen molar-refractivity contribution in [2.24, 2.45) is 0 Å². The van der Waals surface area contributed by atoms with Gasteiger partial charge in [-0.05, 0) is 80.4 Å². The maximum Gasteiger partial charge on any atom is 0.235 e. The van der Waals surface area contributed by atoms with Crippen LogP contribution in [0.1, 0.15) is 0 Å². The lowest BCUT2D eigenvalue weighted by atomic mass is 10.0. The molecule has 324 valence electrons. The summed E-state index contributed by atoms with van der Waals surface area (Å²) < 4.78 is 4.64. The van der Waals surface area contributed by atoms with Crippen molar-refractivity contribution in [2.75, 3.05) is 0 Å². The Morgan fingerprint density at radius 3 is 1.25 bits per heavy atom. The molecule has 69 heavy (non-hydrogen) atoms. The van der Waals surface area contributed by atoms with Crippen LogP contribution >= 0.6 is 0 Å². The summed E-state index contributed by atoms with van der Waals surface area (Å²) >= 11 is 0. The Labute approximate surface area is 401 Å². The van der Waals surface area contributed by atoms with Crippen molar-refractivity contribution in [1.82, 2.24) is 19.1 Å². The van der Waals surface area contributed by atoms with Gasteiger partial charge in [-0.15, -0.1) is 0 Å². The number of benzene rings is 10. The first-order chi connectivity index (χ1) is 34.2. The van der Waals surface area contributed by atoms with Gasteiger partial charge in [-0.1, -0.05) is 218 Å². The smallest absolute Gasteiger partial charge is 0.235 e. The molecule has 0 atom stereocenters. The van der Waals surface area contributed by atoms with Gasteiger partial charge in [0.1, 0.15) is 0 Å². The summed E-state index contributed by atoms with van der Waals surface area (Å²) in [4.78, 5) is 11.0. The van der Waals surface area contributed by atoms with E-state index in [2.05, 4.69) is 276 Å². The number of rotatable bonds is 9. The van der Waals surface area contributed by atoms with Gasteiger partial charge in [-0.3, -0.25) is 4.57 Å². The molecule has 0 radical (unpaired) electrons. The van der Waals surface area contributed by atoms with Crippen LogP contribution in [0, 0.1) is 0 Å². The zero-order valence-electron chi connectivity index (χ0n) is 37.7. The molecule has 5 heteroatoms. The standard InChI is InChI=1S/C64H44N4Si/c1-5-20-45(21-6-1)47-22-19-23-48(42-47)59-44-58(46-36-39-53(40-37-46)69(50-24-7-2-8-25-50,51-26-9-3-10-27-51)52-28-11-4-12-29-52)65-64(66-59)68-62-35-18-15-32-56(62)57-43-49(38-41-63(57)68)67-60-33-16-13-30-54(60)55-31-14-17-34-61(55)67/h1-44H. The van der Waals surface area contributed by atoms with Crippen LogP contribution < -0.4 is 20.7 Å². The van der Waals surface area contributed by atoms with Crippen molar-refractivity contribution in [3.8, 4) is 45.3 Å². The molecule has 0 aliphatic rings. The van der Waals surface area contributed by atoms with Crippen molar-refractivity contribution >= 4 is 72.4 Å². The largest absolute Gasteiger partial charge is 0.309 e. The Morgan fingerprint density at radius 1 is 0.261 bits per heavy atom. The highest BCUT2D eigenvalue weighted by Gasteiger charge is 2.41. The maximum atomic E-state index is 5.53. The van der Waals surface area contributed by atoms with Gasteiger partial charge >= 0.3 is 0 Å². The number of para-hydroxylation sites is 3. The lowest BCUT2D eigenvalue weighted by molar-refractivity contribution is 0.995. The van der Waals surface area contributed by atoms with E-state index < -0.39 is 8.07 Å². The Balaban J connectivity index is 1.02. The van der Waals surface area contributed by atoms with Crippen LogP contribution in [-0.2, 0) is 0 Å². The van der Waals surface area contributed by atoms with Crippen molar-refractivity contribution in [3.05, 3.63) is 267 Å². The zero-order chi connectivity index (χ0) is 45.7. The van der Waals surface area contributed by atoms with Crippen molar-refractivity contribution in [2.45, 2.75) is 0 Å². The highest BCUT2D eigenvalue weighted by Crippen LogP contribution is 2.37. The second-order valence-electron chi connectivity index (χ2n) is 17.7. The lowest BCUT2D eigenvalue weighted by Crippen LogP contribution is -2.74. The minimum absolute atomic E-state index is 0.620. The molecule has 0 aliphatic carbocycles. The first-order valence-electron chi connectivity index (χ1n) is 23.6. The fourth-order valence-corrected chi connectivity index (χ4v) is 15.5. The summed E-state index contributed by atoms with van der Waals surface area (Å²) in [7, 11) is -2.74. The zero-order valence-corrected chi connectivity index (χ0v) is 38.7. The van der Waals surface area contributed by atoms with Crippen LogP contribution in [0.15, 0.2) is 267 Å². The van der Waals surface area contributed by atoms with Crippen LogP contribution in [0.4, 0.5) is 0 Å². The van der Waals surface area contributed by atoms with Crippen molar-refractivity contribution in [1.29, 1.82) is 0 Å². The average Bonchev–Trinajstić information content (AvgIpc) is 3.95. The second kappa shape index (κ2) is 16.8. The number of fused-ring (bicyclic) bond motifs is 6. The van der Waals surface area contributed by atoms with Gasteiger partial charge in [-0.25, -0.2) is 9.97 Å². The Morgan fingerprint density at radius 2 is 0.681 bits per heavy atom. The van der Waals surface area contributed by atoms with Crippen LogP contribution in [0.3, 0.4) is 0 Å². The summed E-state index contributed by atoms with van der Waals surface area (Å²) in [6.07, 6.45) is 0. The summed E-state index contributed by atoms with van der Waals surface area (Å²) in [6, 6.07) is 96.8. The minimum Gasteiger partial charge on any atom is -0.309 e. The van der Waals surface area contributed by atoms with Gasteiger partial charge < -0.3 is 4.57 Å². The molecule has 3 aromatic heterocycles. The molecule has 0 amide bonds. The van der Waals surface area contributed by atoms with Crippen LogP contribution in [0.25, 0.3) is 88.9 Å². The molecule has 4 nitrogen and oxygen atoms in total. The van der Waals surface area contributed by atoms with Gasteiger partial charge in [0.05, 0.1) is 33.5 Å². The summed E-state index contributed by atoms with van der Waals surface area (Å²) in [6.45, 7) is 0. The number of hydrogen-bond donors (Lipinski definition) is 0. The topological polar surface area (TPSA) is 35.6 Å². The monoisotopic (exact) mass is 896 g/mol. The number of aromatic nitrogens is 4. The van der Waals surface area contributed by atoms with E-state index in [-0.39, 0.29) is 0 Å². The van der Waals surface area contributed by atoms with Gasteiger partial charge in [0.15, 0.2) is 8.07 Å². The molecule has 13 rings (SSSR count). The van der Waals surface area contributed by atoms with Gasteiger partial charge in [0.2, 0.25) is 5.95 Å². The van der Waals surface area contributed by atoms with Crippen molar-refractivity contribution < 1.29 is 0 Å². The van der Waals surface area contributed by atoms with E-state index in [1.165, 1.54) is 42.6 Å². The Hall–Kier alpha value is -8.90. The Bertz CT molecular complexity index is 3840. The predicted octanol–water partition coefficient (Wildman–Crippen LogP) is 13.0. The van der Waals surface area contributed by atoms with Gasteiger partial charge in [0, 0.05) is 38.4 Å². The molecule has 10 aromatic carbocycles. The van der Waals surface area contributed by atoms with Crippen molar-refractivity contribution in [3.63, 3.8) is 0 Å². The van der Waals surface area contributed by atoms with E-state index in [9.17, 15) is 0 Å². The molecule has 0 fully saturated rings. The third kappa shape index (κ3) is 6.74. The van der Waals surface area contributed by atoms with E-state index in [0.29, 0.717) is 5.95 Å². The van der Waals surface area contributed by atoms with E-state index >= 15 is 0 Å². The van der Waals surface area contributed by atoms with E-state index in [0.717, 1.165) is 61.1 Å². The SMILES string of the molecule is c1ccc(-c2cccc(-c3cc(-c4ccc([Si](c5ccccc5)(c5ccccc5)c5ccccc5)cc4)nc(-n4c5ccccc5c5cc(-n6c7ccccc7c7ccccc76)ccc54)n3)c2)cc1. The number of hydrogen-bond acceptors (Lipinski definition) is 2. The van der Waals surface area contributed by atoms with Crippen LogP contribution in [-0.4, -0.2) is 27.2 Å². The lowest BCUT2D eigenvalue weighted by Gasteiger charge is -2.34. The van der Waals surface area contributed by atoms with Gasteiger partial charge in [0.25, 0.3) is 0 Å². The third-order valence-electron chi connectivity index (χ3n) is 13.9. The molecule has 0 saturated carbocycles. The van der Waals surface area contributed by atoms with E-state index in [4.69, 9.17) is 9.97 Å². The Kier molecular flexibility index (Phi) is 9.81. The molecular weight excluding hydrogens is 853 g/mol. The highest BCUT2D eigenvalue weighted by atomic mass is 28.3. The fourth-order valence-electron chi connectivity index (χ4n) is 10.8. The first kappa shape index (κ1) is 40.4. The number of nitrogens with zero attached hydrogens (tertiary/aromatic N) is 4. The normalized spacial score (nSPS) is 11.8.